The molecule has 102 valence electrons. The molecule has 0 saturated carbocycles. The zero-order chi connectivity index (χ0) is 13.9. The van der Waals surface area contributed by atoms with Crippen LogP contribution in [0.25, 0.3) is 21.2 Å². The van der Waals surface area contributed by atoms with Crippen LogP contribution in [0.1, 0.15) is 18.1 Å². The summed E-state index contributed by atoms with van der Waals surface area (Å²) in [6.07, 6.45) is 0. The fourth-order valence-electron chi connectivity index (χ4n) is 2.56. The molecule has 20 heavy (non-hydrogen) atoms. The first-order chi connectivity index (χ1) is 9.79. The minimum absolute atomic E-state index is 0.924. The lowest BCUT2D eigenvalue weighted by Crippen LogP contribution is -2.12. The summed E-state index contributed by atoms with van der Waals surface area (Å²) >= 11 is 1.83. The second-order valence-electron chi connectivity index (χ2n) is 5.09. The van der Waals surface area contributed by atoms with E-state index in [4.69, 9.17) is 0 Å². The van der Waals surface area contributed by atoms with Crippen molar-refractivity contribution in [1.82, 2.24) is 5.32 Å². The Morgan fingerprint density at radius 1 is 1.05 bits per heavy atom. The first kappa shape index (κ1) is 13.3. The molecule has 1 aromatic heterocycles. The quantitative estimate of drug-likeness (QED) is 0.710. The highest BCUT2D eigenvalue weighted by molar-refractivity contribution is 7.17. The molecule has 3 aromatic rings. The van der Waals surface area contributed by atoms with Crippen LogP contribution in [-0.4, -0.2) is 6.54 Å². The number of hydrogen-bond acceptors (Lipinski definition) is 2. The molecule has 1 heterocycles. The predicted octanol–water partition coefficient (Wildman–Crippen LogP) is 4.99. The molecule has 2 heteroatoms. The third kappa shape index (κ3) is 2.49. The summed E-state index contributed by atoms with van der Waals surface area (Å²) in [6.45, 7) is 6.23. The van der Waals surface area contributed by atoms with E-state index in [0.717, 1.165) is 13.1 Å². The van der Waals surface area contributed by atoms with E-state index in [-0.39, 0.29) is 0 Å². The number of fused-ring (bicyclic) bond motifs is 1. The third-order valence-electron chi connectivity index (χ3n) is 3.60. The first-order valence-corrected chi connectivity index (χ1v) is 7.94. The van der Waals surface area contributed by atoms with Crippen molar-refractivity contribution in [3.05, 3.63) is 59.0 Å². The van der Waals surface area contributed by atoms with Gasteiger partial charge in [0.1, 0.15) is 0 Å². The van der Waals surface area contributed by atoms with Crippen LogP contribution in [0, 0.1) is 6.92 Å². The van der Waals surface area contributed by atoms with Gasteiger partial charge in [-0.3, -0.25) is 0 Å². The van der Waals surface area contributed by atoms with Gasteiger partial charge in [0.05, 0.1) is 0 Å². The third-order valence-corrected chi connectivity index (χ3v) is 4.56. The van der Waals surface area contributed by atoms with E-state index in [0.29, 0.717) is 0 Å². The average Bonchev–Trinajstić information content (AvgIpc) is 2.94. The Bertz CT molecular complexity index is 727. The van der Waals surface area contributed by atoms with Crippen LogP contribution in [0.3, 0.4) is 0 Å². The van der Waals surface area contributed by atoms with Gasteiger partial charge in [0.25, 0.3) is 0 Å². The number of aryl methyl sites for hydroxylation is 1. The van der Waals surface area contributed by atoms with E-state index < -0.39 is 0 Å². The Morgan fingerprint density at radius 2 is 1.95 bits per heavy atom. The van der Waals surface area contributed by atoms with Crippen molar-refractivity contribution < 1.29 is 0 Å². The lowest BCUT2D eigenvalue weighted by atomic mass is 9.96. The van der Waals surface area contributed by atoms with Gasteiger partial charge in [-0.25, -0.2) is 0 Å². The largest absolute Gasteiger partial charge is 0.313 e. The normalized spacial score (nSPS) is 11.1. The molecule has 0 aliphatic rings. The zero-order valence-corrected chi connectivity index (χ0v) is 12.8. The molecule has 0 aliphatic heterocycles. The molecular formula is C18H19NS. The highest BCUT2D eigenvalue weighted by Gasteiger charge is 2.09. The van der Waals surface area contributed by atoms with E-state index in [1.54, 1.807) is 0 Å². The maximum Gasteiger partial charge on any atom is 0.0421 e. The molecule has 0 amide bonds. The second kappa shape index (κ2) is 5.78. The summed E-state index contributed by atoms with van der Waals surface area (Å²) in [6, 6.07) is 15.5. The Kier molecular flexibility index (Phi) is 3.86. The van der Waals surface area contributed by atoms with Crippen LogP contribution in [0.2, 0.25) is 0 Å². The summed E-state index contributed by atoms with van der Waals surface area (Å²) in [5.74, 6) is 0. The molecule has 0 spiro atoms. The van der Waals surface area contributed by atoms with Crippen LogP contribution in [0.5, 0.6) is 0 Å². The number of rotatable bonds is 4. The topological polar surface area (TPSA) is 12.0 Å². The fraction of sp³-hybridized carbons (Fsp3) is 0.222. The molecule has 0 atom stereocenters. The van der Waals surface area contributed by atoms with Crippen molar-refractivity contribution in [3.8, 4) is 11.1 Å². The monoisotopic (exact) mass is 281 g/mol. The minimum atomic E-state index is 0.924. The molecule has 0 radical (unpaired) electrons. The smallest absolute Gasteiger partial charge is 0.0421 e. The summed E-state index contributed by atoms with van der Waals surface area (Å²) < 4.78 is 1.39. The van der Waals surface area contributed by atoms with Crippen LogP contribution >= 0.6 is 11.3 Å². The molecule has 2 aromatic carbocycles. The molecule has 1 nitrogen and oxygen atoms in total. The van der Waals surface area contributed by atoms with Crippen molar-refractivity contribution in [3.63, 3.8) is 0 Å². The van der Waals surface area contributed by atoms with Crippen molar-refractivity contribution in [1.29, 1.82) is 0 Å². The number of thiophene rings is 1. The molecule has 1 N–H and O–H groups in total. The van der Waals surface area contributed by atoms with Crippen LogP contribution < -0.4 is 5.32 Å². The number of hydrogen-bond donors (Lipinski definition) is 1. The average molecular weight is 281 g/mol. The molecule has 0 fully saturated rings. The van der Waals surface area contributed by atoms with Crippen molar-refractivity contribution in [2.24, 2.45) is 0 Å². The van der Waals surface area contributed by atoms with E-state index >= 15 is 0 Å². The van der Waals surface area contributed by atoms with Gasteiger partial charge in [-0.05, 0) is 47.0 Å². The Labute approximate surface area is 124 Å². The summed E-state index contributed by atoms with van der Waals surface area (Å²) in [4.78, 5) is 0. The molecule has 3 rings (SSSR count). The molecule has 0 aliphatic carbocycles. The highest BCUT2D eigenvalue weighted by atomic mass is 32.1. The predicted molar refractivity (Wildman–Crippen MR) is 89.4 cm³/mol. The van der Waals surface area contributed by atoms with Gasteiger partial charge in [0, 0.05) is 11.2 Å². The molecular weight excluding hydrogens is 262 g/mol. The van der Waals surface area contributed by atoms with Crippen LogP contribution in [0.4, 0.5) is 0 Å². The van der Waals surface area contributed by atoms with Crippen LogP contribution in [0.15, 0.2) is 47.8 Å². The van der Waals surface area contributed by atoms with Gasteiger partial charge in [-0.15, -0.1) is 11.3 Å². The molecule has 0 unspecified atom stereocenters. The standard InChI is InChI=1S/C18H19NS/c1-3-19-12-15-8-7-13(2)11-17(15)16-6-4-5-14-9-10-20-18(14)16/h4-11,19H,3,12H2,1-2H3. The maximum absolute atomic E-state index is 3.44. The van der Waals surface area contributed by atoms with Crippen molar-refractivity contribution in [2.45, 2.75) is 20.4 Å². The summed E-state index contributed by atoms with van der Waals surface area (Å²) in [5, 5.41) is 6.95. The fourth-order valence-corrected chi connectivity index (χ4v) is 3.49. The van der Waals surface area contributed by atoms with E-state index in [9.17, 15) is 0 Å². The maximum atomic E-state index is 3.44. The van der Waals surface area contributed by atoms with Gasteiger partial charge in [-0.2, -0.15) is 0 Å². The SMILES string of the molecule is CCNCc1ccc(C)cc1-c1cccc2ccsc12. The Balaban J connectivity index is 2.17. The molecule has 0 bridgehead atoms. The Hall–Kier alpha value is -1.64. The van der Waals surface area contributed by atoms with Gasteiger partial charge in [0.2, 0.25) is 0 Å². The van der Waals surface area contributed by atoms with E-state index in [1.165, 1.54) is 32.3 Å². The van der Waals surface area contributed by atoms with Gasteiger partial charge in [0.15, 0.2) is 0 Å². The van der Waals surface area contributed by atoms with Gasteiger partial charge in [-0.1, -0.05) is 48.9 Å². The lowest BCUT2D eigenvalue weighted by Gasteiger charge is -2.12. The number of benzene rings is 2. The Morgan fingerprint density at radius 3 is 2.80 bits per heavy atom. The summed E-state index contributed by atoms with van der Waals surface area (Å²) in [5.41, 5.74) is 5.40. The zero-order valence-electron chi connectivity index (χ0n) is 11.9. The van der Waals surface area contributed by atoms with Crippen molar-refractivity contribution in [2.75, 3.05) is 6.54 Å². The summed E-state index contributed by atoms with van der Waals surface area (Å²) in [7, 11) is 0. The minimum Gasteiger partial charge on any atom is -0.313 e. The molecule has 0 saturated heterocycles. The second-order valence-corrected chi connectivity index (χ2v) is 6.00. The highest BCUT2D eigenvalue weighted by Crippen LogP contribution is 2.34. The van der Waals surface area contributed by atoms with Gasteiger partial charge >= 0.3 is 0 Å². The number of nitrogens with one attached hydrogen (secondary N) is 1. The van der Waals surface area contributed by atoms with E-state index in [2.05, 4.69) is 67.0 Å². The van der Waals surface area contributed by atoms with E-state index in [1.807, 2.05) is 11.3 Å². The lowest BCUT2D eigenvalue weighted by molar-refractivity contribution is 0.728. The van der Waals surface area contributed by atoms with Crippen LogP contribution in [-0.2, 0) is 6.54 Å². The van der Waals surface area contributed by atoms with Crippen molar-refractivity contribution >= 4 is 21.4 Å². The first-order valence-electron chi connectivity index (χ1n) is 7.06. The van der Waals surface area contributed by atoms with Gasteiger partial charge < -0.3 is 5.32 Å².